The van der Waals surface area contributed by atoms with Gasteiger partial charge in [0.15, 0.2) is 5.78 Å². The summed E-state index contributed by atoms with van der Waals surface area (Å²) >= 11 is 3.36. The van der Waals surface area contributed by atoms with Crippen LogP contribution >= 0.6 is 15.9 Å². The van der Waals surface area contributed by atoms with Crippen molar-refractivity contribution in [3.8, 4) is 0 Å². The molecule has 0 spiro atoms. The number of carbonyl (C=O) groups excluding carboxylic acids is 1. The van der Waals surface area contributed by atoms with E-state index in [1.165, 1.54) is 0 Å². The zero-order chi connectivity index (χ0) is 9.26. The van der Waals surface area contributed by atoms with E-state index in [2.05, 4.69) is 21.2 Å². The van der Waals surface area contributed by atoms with E-state index in [0.29, 0.717) is 6.42 Å². The summed E-state index contributed by atoms with van der Waals surface area (Å²) < 4.78 is 0.961. The number of rotatable bonds is 0. The van der Waals surface area contributed by atoms with E-state index in [-0.39, 0.29) is 5.78 Å². The maximum atomic E-state index is 11.6. The smallest absolute Gasteiger partial charge is 0.165 e. The molecule has 0 atom stereocenters. The molecule has 1 N–H and O–H groups in total. The number of hydrogen-bond acceptors (Lipinski definition) is 2. The van der Waals surface area contributed by atoms with Crippen molar-refractivity contribution >= 4 is 27.4 Å². The number of benzene rings is 1. The highest BCUT2D eigenvalue weighted by molar-refractivity contribution is 9.10. The molecule has 0 amide bonds. The average molecular weight is 240 g/mol. The highest BCUT2D eigenvalue weighted by Crippen LogP contribution is 2.24. The van der Waals surface area contributed by atoms with E-state index in [0.717, 1.165) is 28.7 Å². The molecule has 1 aliphatic rings. The van der Waals surface area contributed by atoms with Gasteiger partial charge in [-0.2, -0.15) is 0 Å². The van der Waals surface area contributed by atoms with E-state index >= 15 is 0 Å². The van der Waals surface area contributed by atoms with Gasteiger partial charge in [0, 0.05) is 28.7 Å². The Bertz CT molecular complexity index is 349. The fraction of sp³-hybridized carbons (Fsp3) is 0.300. The molecule has 68 valence electrons. The normalized spacial score (nSPS) is 15.9. The fourth-order valence-electron chi connectivity index (χ4n) is 1.51. The summed E-state index contributed by atoms with van der Waals surface area (Å²) in [6.07, 6.45) is 1.57. The lowest BCUT2D eigenvalue weighted by Gasteiger charge is -2.05. The molecule has 0 unspecified atom stereocenters. The van der Waals surface area contributed by atoms with E-state index in [9.17, 15) is 4.79 Å². The lowest BCUT2D eigenvalue weighted by Crippen LogP contribution is -1.99. The SMILES string of the molecule is O=C1CCCNc2ccc(Br)cc21. The van der Waals surface area contributed by atoms with Gasteiger partial charge in [-0.05, 0) is 24.6 Å². The lowest BCUT2D eigenvalue weighted by atomic mass is 10.1. The van der Waals surface area contributed by atoms with Crippen molar-refractivity contribution in [3.63, 3.8) is 0 Å². The van der Waals surface area contributed by atoms with Gasteiger partial charge in [0.25, 0.3) is 0 Å². The highest BCUT2D eigenvalue weighted by atomic mass is 79.9. The third kappa shape index (κ3) is 1.75. The van der Waals surface area contributed by atoms with E-state index < -0.39 is 0 Å². The topological polar surface area (TPSA) is 29.1 Å². The number of fused-ring (bicyclic) bond motifs is 1. The molecule has 0 saturated carbocycles. The van der Waals surface area contributed by atoms with Crippen LogP contribution in [0, 0.1) is 0 Å². The second kappa shape index (κ2) is 3.50. The van der Waals surface area contributed by atoms with Crippen molar-refractivity contribution in [2.75, 3.05) is 11.9 Å². The first kappa shape index (κ1) is 8.75. The van der Waals surface area contributed by atoms with Crippen LogP contribution in [0.1, 0.15) is 23.2 Å². The Hall–Kier alpha value is -0.830. The molecule has 2 nitrogen and oxygen atoms in total. The first-order valence-corrected chi connectivity index (χ1v) is 5.13. The average Bonchev–Trinajstić information content (AvgIpc) is 2.29. The summed E-state index contributed by atoms with van der Waals surface area (Å²) in [4.78, 5) is 11.6. The van der Waals surface area contributed by atoms with Crippen LogP contribution in [0.5, 0.6) is 0 Å². The van der Waals surface area contributed by atoms with Gasteiger partial charge in [-0.25, -0.2) is 0 Å². The lowest BCUT2D eigenvalue weighted by molar-refractivity contribution is 0.0984. The maximum absolute atomic E-state index is 11.6. The summed E-state index contributed by atoms with van der Waals surface area (Å²) in [6, 6.07) is 5.78. The molecule has 1 aromatic carbocycles. The minimum Gasteiger partial charge on any atom is -0.384 e. The van der Waals surface area contributed by atoms with E-state index in [4.69, 9.17) is 0 Å². The molecule has 13 heavy (non-hydrogen) atoms. The zero-order valence-corrected chi connectivity index (χ0v) is 8.73. The summed E-state index contributed by atoms with van der Waals surface area (Å²) in [7, 11) is 0. The van der Waals surface area contributed by atoms with Gasteiger partial charge in [-0.1, -0.05) is 15.9 Å². The Morgan fingerprint density at radius 2 is 2.23 bits per heavy atom. The van der Waals surface area contributed by atoms with Crippen molar-refractivity contribution in [2.45, 2.75) is 12.8 Å². The van der Waals surface area contributed by atoms with Gasteiger partial charge < -0.3 is 5.32 Å². The minimum absolute atomic E-state index is 0.237. The quantitative estimate of drug-likeness (QED) is 0.755. The molecule has 2 rings (SSSR count). The van der Waals surface area contributed by atoms with Crippen LogP contribution in [0.15, 0.2) is 22.7 Å². The van der Waals surface area contributed by atoms with Crippen LogP contribution in [0.25, 0.3) is 0 Å². The molecular weight excluding hydrogens is 230 g/mol. The zero-order valence-electron chi connectivity index (χ0n) is 7.14. The molecule has 0 fully saturated rings. The Morgan fingerprint density at radius 3 is 3.08 bits per heavy atom. The van der Waals surface area contributed by atoms with Crippen LogP contribution in [0.4, 0.5) is 5.69 Å². The number of anilines is 1. The van der Waals surface area contributed by atoms with Gasteiger partial charge >= 0.3 is 0 Å². The number of carbonyl (C=O) groups is 1. The Labute approximate surface area is 85.5 Å². The Morgan fingerprint density at radius 1 is 1.38 bits per heavy atom. The fourth-order valence-corrected chi connectivity index (χ4v) is 1.87. The molecule has 1 heterocycles. The highest BCUT2D eigenvalue weighted by Gasteiger charge is 2.14. The number of halogens is 1. The summed E-state index contributed by atoms with van der Waals surface area (Å²) in [5, 5.41) is 3.24. The van der Waals surface area contributed by atoms with E-state index in [1.807, 2.05) is 18.2 Å². The predicted octanol–water partition coefficient (Wildman–Crippen LogP) is 2.84. The molecular formula is C10H10BrNO. The van der Waals surface area contributed by atoms with Crippen molar-refractivity contribution in [2.24, 2.45) is 0 Å². The van der Waals surface area contributed by atoms with Crippen molar-refractivity contribution in [3.05, 3.63) is 28.2 Å². The van der Waals surface area contributed by atoms with Crippen LogP contribution in [-0.4, -0.2) is 12.3 Å². The van der Waals surface area contributed by atoms with Gasteiger partial charge in [-0.3, -0.25) is 4.79 Å². The number of nitrogens with one attached hydrogen (secondary N) is 1. The number of ketones is 1. The molecule has 0 aliphatic carbocycles. The van der Waals surface area contributed by atoms with Gasteiger partial charge in [0.1, 0.15) is 0 Å². The Kier molecular flexibility index (Phi) is 2.36. The third-order valence-corrected chi connectivity index (χ3v) is 2.67. The minimum atomic E-state index is 0.237. The summed E-state index contributed by atoms with van der Waals surface area (Å²) in [5.74, 6) is 0.237. The maximum Gasteiger partial charge on any atom is 0.165 e. The predicted molar refractivity (Wildman–Crippen MR) is 56.2 cm³/mol. The standard InChI is InChI=1S/C10H10BrNO/c11-7-3-4-9-8(6-7)10(13)2-1-5-12-9/h3-4,6,12H,1-2,5H2. The van der Waals surface area contributed by atoms with Crippen LogP contribution in [0.2, 0.25) is 0 Å². The monoisotopic (exact) mass is 239 g/mol. The second-order valence-electron chi connectivity index (χ2n) is 3.14. The number of Topliss-reactive ketones (excluding diaryl/α,β-unsaturated/α-hetero) is 1. The molecule has 0 saturated heterocycles. The van der Waals surface area contributed by atoms with Crippen LogP contribution in [0.3, 0.4) is 0 Å². The van der Waals surface area contributed by atoms with Crippen LogP contribution < -0.4 is 5.32 Å². The third-order valence-electron chi connectivity index (χ3n) is 2.18. The van der Waals surface area contributed by atoms with Crippen molar-refractivity contribution in [1.29, 1.82) is 0 Å². The van der Waals surface area contributed by atoms with Crippen molar-refractivity contribution < 1.29 is 4.79 Å². The van der Waals surface area contributed by atoms with Crippen LogP contribution in [-0.2, 0) is 0 Å². The van der Waals surface area contributed by atoms with E-state index in [1.54, 1.807) is 0 Å². The summed E-state index contributed by atoms with van der Waals surface area (Å²) in [5.41, 5.74) is 1.78. The van der Waals surface area contributed by atoms with Gasteiger partial charge in [-0.15, -0.1) is 0 Å². The van der Waals surface area contributed by atoms with Gasteiger partial charge in [0.2, 0.25) is 0 Å². The molecule has 0 radical (unpaired) electrons. The molecule has 1 aromatic rings. The molecule has 1 aliphatic heterocycles. The summed E-state index contributed by atoms with van der Waals surface area (Å²) in [6.45, 7) is 0.889. The first-order chi connectivity index (χ1) is 6.27. The molecule has 0 aromatic heterocycles. The number of hydrogen-bond donors (Lipinski definition) is 1. The first-order valence-electron chi connectivity index (χ1n) is 4.34. The molecule has 3 heteroatoms. The van der Waals surface area contributed by atoms with Crippen molar-refractivity contribution in [1.82, 2.24) is 0 Å². The second-order valence-corrected chi connectivity index (χ2v) is 4.06. The largest absolute Gasteiger partial charge is 0.384 e. The Balaban J connectivity index is 2.49. The van der Waals surface area contributed by atoms with Gasteiger partial charge in [0.05, 0.1) is 0 Å². The molecule has 0 bridgehead atoms.